The summed E-state index contributed by atoms with van der Waals surface area (Å²) >= 11 is 0. The van der Waals surface area contributed by atoms with Gasteiger partial charge < -0.3 is 20.1 Å². The molecule has 0 fully saturated rings. The summed E-state index contributed by atoms with van der Waals surface area (Å²) in [6.45, 7) is 3.63. The van der Waals surface area contributed by atoms with E-state index in [0.717, 1.165) is 13.0 Å². The molecule has 3 rings (SSSR count). The molecule has 2 heterocycles. The van der Waals surface area contributed by atoms with E-state index in [0.29, 0.717) is 29.3 Å². The topological polar surface area (TPSA) is 64.8 Å². The molecule has 1 aromatic carbocycles. The van der Waals surface area contributed by atoms with Crippen LogP contribution in [0.1, 0.15) is 23.7 Å². The number of amides is 1. The van der Waals surface area contributed by atoms with Gasteiger partial charge in [-0.1, -0.05) is 11.6 Å². The number of hydrogen-bond donors (Lipinski definition) is 1. The molecule has 0 aromatic heterocycles. The van der Waals surface area contributed by atoms with E-state index in [9.17, 15) is 4.79 Å². The Kier molecular flexibility index (Phi) is 2.81. The molecule has 0 spiro atoms. The highest BCUT2D eigenvalue weighted by atomic mass is 16.7. The summed E-state index contributed by atoms with van der Waals surface area (Å²) in [4.78, 5) is 14.2. The summed E-state index contributed by atoms with van der Waals surface area (Å²) in [7, 11) is 0. The lowest BCUT2D eigenvalue weighted by Gasteiger charge is -2.26. The molecule has 0 bridgehead atoms. The summed E-state index contributed by atoms with van der Waals surface area (Å²) in [5.41, 5.74) is 8.17. The van der Waals surface area contributed by atoms with Gasteiger partial charge in [0.15, 0.2) is 11.5 Å². The lowest BCUT2D eigenvalue weighted by molar-refractivity contribution is 0.0769. The molecule has 0 unspecified atom stereocenters. The average molecular weight is 260 g/mol. The number of fused-ring (bicyclic) bond motifs is 1. The van der Waals surface area contributed by atoms with Gasteiger partial charge in [0.25, 0.3) is 5.91 Å². The number of anilines is 1. The Bertz CT molecular complexity index is 566. The number of rotatable bonds is 1. The lowest BCUT2D eigenvalue weighted by Crippen LogP contribution is -2.35. The summed E-state index contributed by atoms with van der Waals surface area (Å²) in [5.74, 6) is 1.13. The van der Waals surface area contributed by atoms with Gasteiger partial charge in [0.1, 0.15) is 0 Å². The van der Waals surface area contributed by atoms with Crippen LogP contribution in [0, 0.1) is 0 Å². The summed E-state index contributed by atoms with van der Waals surface area (Å²) in [6.07, 6.45) is 2.99. The van der Waals surface area contributed by atoms with Gasteiger partial charge in [-0.15, -0.1) is 0 Å². The van der Waals surface area contributed by atoms with E-state index in [1.54, 1.807) is 17.0 Å². The predicted octanol–water partition coefficient (Wildman–Crippen LogP) is 1.79. The third-order valence-corrected chi connectivity index (χ3v) is 3.50. The van der Waals surface area contributed by atoms with E-state index < -0.39 is 0 Å². The maximum Gasteiger partial charge on any atom is 0.256 e. The minimum atomic E-state index is -0.0560. The van der Waals surface area contributed by atoms with Crippen molar-refractivity contribution < 1.29 is 14.3 Å². The summed E-state index contributed by atoms with van der Waals surface area (Å²) < 4.78 is 10.5. The molecule has 100 valence electrons. The van der Waals surface area contributed by atoms with Gasteiger partial charge in [0, 0.05) is 24.8 Å². The SMILES string of the molecule is CC1=CCN(C(=O)c2cc3c(cc2N)OCO3)CC1. The van der Waals surface area contributed by atoms with Crippen LogP contribution in [0.3, 0.4) is 0 Å². The van der Waals surface area contributed by atoms with E-state index in [2.05, 4.69) is 13.0 Å². The van der Waals surface area contributed by atoms with E-state index in [4.69, 9.17) is 15.2 Å². The standard InChI is InChI=1S/C14H16N2O3/c1-9-2-4-16(5-3-9)14(17)10-6-12-13(7-11(10)15)19-8-18-12/h2,6-7H,3-5,8,15H2,1H3. The van der Waals surface area contributed by atoms with Gasteiger partial charge >= 0.3 is 0 Å². The number of nitrogen functional groups attached to an aromatic ring is 1. The van der Waals surface area contributed by atoms with Crippen molar-refractivity contribution in [2.24, 2.45) is 0 Å². The number of benzene rings is 1. The van der Waals surface area contributed by atoms with Crippen molar-refractivity contribution in [1.29, 1.82) is 0 Å². The van der Waals surface area contributed by atoms with Crippen LogP contribution >= 0.6 is 0 Å². The van der Waals surface area contributed by atoms with Crippen LogP contribution in [0.15, 0.2) is 23.8 Å². The minimum Gasteiger partial charge on any atom is -0.454 e. The van der Waals surface area contributed by atoms with Crippen molar-refractivity contribution in [3.05, 3.63) is 29.3 Å². The fourth-order valence-corrected chi connectivity index (χ4v) is 2.27. The predicted molar refractivity (Wildman–Crippen MR) is 71.3 cm³/mol. The number of nitrogens with two attached hydrogens (primary N) is 1. The molecule has 2 aliphatic heterocycles. The highest BCUT2D eigenvalue weighted by molar-refractivity contribution is 6.00. The third-order valence-electron chi connectivity index (χ3n) is 3.50. The van der Waals surface area contributed by atoms with Crippen molar-refractivity contribution in [2.75, 3.05) is 25.6 Å². The Balaban J connectivity index is 1.88. The quantitative estimate of drug-likeness (QED) is 0.617. The van der Waals surface area contributed by atoms with Crippen molar-refractivity contribution >= 4 is 11.6 Å². The number of carbonyl (C=O) groups excluding carboxylic acids is 1. The molecule has 0 saturated heterocycles. The van der Waals surface area contributed by atoms with E-state index >= 15 is 0 Å². The first-order valence-electron chi connectivity index (χ1n) is 6.29. The van der Waals surface area contributed by atoms with Crippen LogP contribution in [-0.2, 0) is 0 Å². The van der Waals surface area contributed by atoms with Crippen molar-refractivity contribution in [3.8, 4) is 11.5 Å². The van der Waals surface area contributed by atoms with Crippen LogP contribution in [0.4, 0.5) is 5.69 Å². The average Bonchev–Trinajstić information content (AvgIpc) is 2.85. The molecular formula is C14H16N2O3. The zero-order valence-electron chi connectivity index (χ0n) is 10.8. The Morgan fingerprint density at radius 3 is 2.74 bits per heavy atom. The number of carbonyl (C=O) groups is 1. The summed E-state index contributed by atoms with van der Waals surface area (Å²) in [5, 5.41) is 0. The van der Waals surface area contributed by atoms with Gasteiger partial charge in [0.2, 0.25) is 6.79 Å². The number of ether oxygens (including phenoxy) is 2. The van der Waals surface area contributed by atoms with Crippen LogP contribution in [0.2, 0.25) is 0 Å². The highest BCUT2D eigenvalue weighted by Gasteiger charge is 2.23. The fourth-order valence-electron chi connectivity index (χ4n) is 2.27. The third kappa shape index (κ3) is 2.12. The molecule has 2 N–H and O–H groups in total. The first-order valence-corrected chi connectivity index (χ1v) is 6.29. The second-order valence-electron chi connectivity index (χ2n) is 4.84. The Morgan fingerprint density at radius 2 is 2.05 bits per heavy atom. The first kappa shape index (κ1) is 11.9. The molecular weight excluding hydrogens is 244 g/mol. The smallest absolute Gasteiger partial charge is 0.256 e. The molecule has 0 aliphatic carbocycles. The molecule has 19 heavy (non-hydrogen) atoms. The molecule has 1 aromatic rings. The lowest BCUT2D eigenvalue weighted by atomic mass is 10.1. The van der Waals surface area contributed by atoms with Crippen molar-refractivity contribution in [3.63, 3.8) is 0 Å². The largest absolute Gasteiger partial charge is 0.454 e. The summed E-state index contributed by atoms with van der Waals surface area (Å²) in [6, 6.07) is 3.33. The van der Waals surface area contributed by atoms with Crippen LogP contribution in [0.5, 0.6) is 11.5 Å². The molecule has 1 amide bonds. The maximum atomic E-state index is 12.4. The van der Waals surface area contributed by atoms with Gasteiger partial charge in [-0.3, -0.25) is 4.79 Å². The van der Waals surface area contributed by atoms with Gasteiger partial charge in [0.05, 0.1) is 5.56 Å². The first-order chi connectivity index (χ1) is 9.15. The Hall–Kier alpha value is -2.17. The highest BCUT2D eigenvalue weighted by Crippen LogP contribution is 2.36. The fraction of sp³-hybridized carbons (Fsp3) is 0.357. The molecule has 5 nitrogen and oxygen atoms in total. The minimum absolute atomic E-state index is 0.0560. The van der Waals surface area contributed by atoms with Gasteiger partial charge in [-0.25, -0.2) is 0 Å². The van der Waals surface area contributed by atoms with Crippen LogP contribution < -0.4 is 15.2 Å². The van der Waals surface area contributed by atoms with Crippen LogP contribution in [0.25, 0.3) is 0 Å². The van der Waals surface area contributed by atoms with E-state index in [-0.39, 0.29) is 12.7 Å². The molecule has 0 atom stereocenters. The second-order valence-corrected chi connectivity index (χ2v) is 4.84. The zero-order valence-corrected chi connectivity index (χ0v) is 10.8. The van der Waals surface area contributed by atoms with Crippen molar-refractivity contribution in [2.45, 2.75) is 13.3 Å². The van der Waals surface area contributed by atoms with Crippen LogP contribution in [-0.4, -0.2) is 30.7 Å². The molecule has 2 aliphatic rings. The molecule has 0 saturated carbocycles. The zero-order chi connectivity index (χ0) is 13.4. The molecule has 0 radical (unpaired) electrons. The van der Waals surface area contributed by atoms with Crippen molar-refractivity contribution in [1.82, 2.24) is 4.90 Å². The van der Waals surface area contributed by atoms with Gasteiger partial charge in [-0.2, -0.15) is 0 Å². The monoisotopic (exact) mass is 260 g/mol. The van der Waals surface area contributed by atoms with Gasteiger partial charge in [-0.05, 0) is 19.4 Å². The van der Waals surface area contributed by atoms with E-state index in [1.807, 2.05) is 0 Å². The second kappa shape index (κ2) is 4.50. The Morgan fingerprint density at radius 1 is 1.32 bits per heavy atom. The number of hydrogen-bond acceptors (Lipinski definition) is 4. The normalized spacial score (nSPS) is 17.3. The maximum absolute atomic E-state index is 12.4. The number of nitrogens with zero attached hydrogens (tertiary/aromatic N) is 1. The Labute approximate surface area is 111 Å². The molecule has 5 heteroatoms. The van der Waals surface area contributed by atoms with E-state index in [1.165, 1.54) is 5.57 Å².